The normalized spacial score (nSPS) is 10.9. The van der Waals surface area contributed by atoms with Gasteiger partial charge >= 0.3 is 5.97 Å². The Labute approximate surface area is 121 Å². The third kappa shape index (κ3) is 3.77. The van der Waals surface area contributed by atoms with Crippen LogP contribution in [0.3, 0.4) is 0 Å². The highest BCUT2D eigenvalue weighted by Gasteiger charge is 2.14. The largest absolute Gasteiger partial charge is 0.485 e. The molecule has 0 aliphatic carbocycles. The van der Waals surface area contributed by atoms with E-state index in [1.54, 1.807) is 4.68 Å². The van der Waals surface area contributed by atoms with Crippen LogP contribution in [0, 0.1) is 11.7 Å². The first-order valence-corrected chi connectivity index (χ1v) is 6.49. The maximum absolute atomic E-state index is 13.1. The number of nitrogens with zero attached hydrogens (tertiary/aromatic N) is 3. The van der Waals surface area contributed by atoms with E-state index < -0.39 is 11.8 Å². The van der Waals surface area contributed by atoms with Gasteiger partial charge in [0, 0.05) is 6.54 Å². The van der Waals surface area contributed by atoms with Gasteiger partial charge in [-0.25, -0.2) is 18.9 Å². The zero-order chi connectivity index (χ0) is 15.4. The summed E-state index contributed by atoms with van der Waals surface area (Å²) in [5.41, 5.74) is -0.218. The van der Waals surface area contributed by atoms with Gasteiger partial charge in [-0.1, -0.05) is 13.8 Å². The van der Waals surface area contributed by atoms with Gasteiger partial charge in [-0.05, 0) is 24.1 Å². The van der Waals surface area contributed by atoms with Gasteiger partial charge < -0.3 is 9.84 Å². The number of carboxylic acids is 1. The van der Waals surface area contributed by atoms with E-state index in [2.05, 4.69) is 23.9 Å². The van der Waals surface area contributed by atoms with Crippen molar-refractivity contribution in [2.24, 2.45) is 5.92 Å². The molecule has 21 heavy (non-hydrogen) atoms. The van der Waals surface area contributed by atoms with Crippen LogP contribution < -0.4 is 4.74 Å². The first kappa shape index (κ1) is 15.0. The summed E-state index contributed by atoms with van der Waals surface area (Å²) in [5.74, 6) is -0.783. The van der Waals surface area contributed by atoms with Crippen molar-refractivity contribution in [1.29, 1.82) is 0 Å². The fourth-order valence-electron chi connectivity index (χ4n) is 1.84. The molecular weight excluding hydrogens is 277 g/mol. The average molecular weight is 293 g/mol. The Morgan fingerprint density at radius 3 is 2.90 bits per heavy atom. The quantitative estimate of drug-likeness (QED) is 0.884. The maximum Gasteiger partial charge on any atom is 0.339 e. The third-order valence-corrected chi connectivity index (χ3v) is 2.76. The molecule has 0 unspecified atom stereocenters. The number of rotatable bonds is 6. The summed E-state index contributed by atoms with van der Waals surface area (Å²) in [5, 5.41) is 13.1. The van der Waals surface area contributed by atoms with Crippen molar-refractivity contribution in [3.05, 3.63) is 41.7 Å². The molecule has 0 radical (unpaired) electrons. The van der Waals surface area contributed by atoms with Gasteiger partial charge in [-0.2, -0.15) is 5.10 Å². The van der Waals surface area contributed by atoms with Crippen molar-refractivity contribution in [3.8, 4) is 5.75 Å². The summed E-state index contributed by atoms with van der Waals surface area (Å²) in [4.78, 5) is 15.1. The molecule has 0 bridgehead atoms. The molecule has 1 N–H and O–H groups in total. The second-order valence-corrected chi connectivity index (χ2v) is 4.99. The van der Waals surface area contributed by atoms with E-state index in [1.165, 1.54) is 12.4 Å². The highest BCUT2D eigenvalue weighted by molar-refractivity contribution is 5.90. The van der Waals surface area contributed by atoms with Gasteiger partial charge in [0.25, 0.3) is 0 Å². The van der Waals surface area contributed by atoms with Crippen molar-refractivity contribution in [2.45, 2.75) is 27.0 Å². The number of hydrogen-bond donors (Lipinski definition) is 1. The van der Waals surface area contributed by atoms with Crippen LogP contribution >= 0.6 is 0 Å². The lowest BCUT2D eigenvalue weighted by Gasteiger charge is -2.11. The van der Waals surface area contributed by atoms with Crippen molar-refractivity contribution in [2.75, 3.05) is 0 Å². The number of benzene rings is 1. The van der Waals surface area contributed by atoms with Gasteiger partial charge in [0.1, 0.15) is 30.1 Å². The fraction of sp³-hybridized carbons (Fsp3) is 0.357. The van der Waals surface area contributed by atoms with E-state index >= 15 is 0 Å². The van der Waals surface area contributed by atoms with Crippen LogP contribution in [0.25, 0.3) is 0 Å². The molecule has 2 rings (SSSR count). The SMILES string of the molecule is CC(C)Cn1ncnc1COc1ccc(F)cc1C(=O)O. The van der Waals surface area contributed by atoms with Gasteiger partial charge in [0.05, 0.1) is 0 Å². The van der Waals surface area contributed by atoms with Crippen LogP contribution in [0.15, 0.2) is 24.5 Å². The molecule has 0 aliphatic heterocycles. The van der Waals surface area contributed by atoms with E-state index in [1.807, 2.05) is 0 Å². The number of aromatic nitrogens is 3. The topological polar surface area (TPSA) is 77.2 Å². The molecule has 0 amide bonds. The molecule has 112 valence electrons. The summed E-state index contributed by atoms with van der Waals surface area (Å²) < 4.78 is 20.2. The number of aromatic carboxylic acids is 1. The molecule has 7 heteroatoms. The molecule has 0 saturated heterocycles. The highest BCUT2D eigenvalue weighted by atomic mass is 19.1. The van der Waals surface area contributed by atoms with Crippen LogP contribution in [-0.4, -0.2) is 25.8 Å². The zero-order valence-corrected chi connectivity index (χ0v) is 11.8. The second kappa shape index (κ2) is 6.34. The van der Waals surface area contributed by atoms with Gasteiger partial charge in [-0.3, -0.25) is 0 Å². The lowest BCUT2D eigenvalue weighted by atomic mass is 10.2. The molecule has 2 aromatic rings. The van der Waals surface area contributed by atoms with Gasteiger partial charge in [0.15, 0.2) is 5.82 Å². The van der Waals surface area contributed by atoms with E-state index in [-0.39, 0.29) is 17.9 Å². The summed E-state index contributed by atoms with van der Waals surface area (Å²) >= 11 is 0. The van der Waals surface area contributed by atoms with Gasteiger partial charge in [-0.15, -0.1) is 0 Å². The minimum Gasteiger partial charge on any atom is -0.485 e. The predicted octanol–water partition coefficient (Wildman–Crippen LogP) is 2.35. The molecule has 0 atom stereocenters. The Morgan fingerprint density at radius 1 is 1.48 bits per heavy atom. The Balaban J connectivity index is 2.14. The standard InChI is InChI=1S/C14H16FN3O3/c1-9(2)6-18-13(16-8-17-18)7-21-12-4-3-10(15)5-11(12)14(19)20/h3-5,8-9H,6-7H2,1-2H3,(H,19,20). The molecule has 0 spiro atoms. The minimum atomic E-state index is -1.24. The molecule has 0 saturated carbocycles. The number of carbonyl (C=O) groups is 1. The van der Waals surface area contributed by atoms with Crippen LogP contribution in [0.2, 0.25) is 0 Å². The van der Waals surface area contributed by atoms with Crippen molar-refractivity contribution in [1.82, 2.24) is 14.8 Å². The Bertz CT molecular complexity index is 640. The third-order valence-electron chi connectivity index (χ3n) is 2.76. The lowest BCUT2D eigenvalue weighted by molar-refractivity contribution is 0.0691. The maximum atomic E-state index is 13.1. The number of hydrogen-bond acceptors (Lipinski definition) is 4. The van der Waals surface area contributed by atoms with Crippen LogP contribution in [0.4, 0.5) is 4.39 Å². The molecule has 6 nitrogen and oxygen atoms in total. The van der Waals surface area contributed by atoms with E-state index in [0.29, 0.717) is 18.3 Å². The smallest absolute Gasteiger partial charge is 0.339 e. The first-order chi connectivity index (χ1) is 9.97. The Hall–Kier alpha value is -2.44. The van der Waals surface area contributed by atoms with Crippen molar-refractivity contribution in [3.63, 3.8) is 0 Å². The fourth-order valence-corrected chi connectivity index (χ4v) is 1.84. The van der Waals surface area contributed by atoms with Crippen molar-refractivity contribution >= 4 is 5.97 Å². The molecule has 0 fully saturated rings. The molecule has 1 aromatic heterocycles. The van der Waals surface area contributed by atoms with Crippen LogP contribution in [0.5, 0.6) is 5.75 Å². The zero-order valence-electron chi connectivity index (χ0n) is 11.8. The summed E-state index contributed by atoms with van der Waals surface area (Å²) in [7, 11) is 0. The minimum absolute atomic E-state index is 0.0681. The Kier molecular flexibility index (Phi) is 4.52. The summed E-state index contributed by atoms with van der Waals surface area (Å²) in [6, 6.07) is 3.37. The number of halogens is 1. The second-order valence-electron chi connectivity index (χ2n) is 4.99. The Morgan fingerprint density at radius 2 is 2.24 bits per heavy atom. The molecular formula is C14H16FN3O3. The average Bonchev–Trinajstić information content (AvgIpc) is 2.83. The van der Waals surface area contributed by atoms with Crippen molar-refractivity contribution < 1.29 is 19.0 Å². The van der Waals surface area contributed by atoms with Crippen LogP contribution in [-0.2, 0) is 13.2 Å². The van der Waals surface area contributed by atoms with Crippen LogP contribution in [0.1, 0.15) is 30.0 Å². The van der Waals surface area contributed by atoms with Gasteiger partial charge in [0.2, 0.25) is 0 Å². The number of ether oxygens (including phenoxy) is 1. The summed E-state index contributed by atoms with van der Waals surface area (Å²) in [6.07, 6.45) is 1.42. The van der Waals surface area contributed by atoms with E-state index in [4.69, 9.17) is 9.84 Å². The molecule has 0 aliphatic rings. The number of carboxylic acid groups (broad SMARTS) is 1. The summed E-state index contributed by atoms with van der Waals surface area (Å²) in [6.45, 7) is 4.86. The van der Waals surface area contributed by atoms with E-state index in [9.17, 15) is 9.18 Å². The highest BCUT2D eigenvalue weighted by Crippen LogP contribution is 2.20. The van der Waals surface area contributed by atoms with E-state index in [0.717, 1.165) is 12.1 Å². The predicted molar refractivity (Wildman–Crippen MR) is 72.6 cm³/mol. The first-order valence-electron chi connectivity index (χ1n) is 6.49. The molecule has 1 heterocycles. The molecule has 1 aromatic carbocycles. The lowest BCUT2D eigenvalue weighted by Crippen LogP contribution is -2.13. The monoisotopic (exact) mass is 293 g/mol.